The molecule has 0 radical (unpaired) electrons. The van der Waals surface area contributed by atoms with Gasteiger partial charge in [-0.25, -0.2) is 0 Å². The van der Waals surface area contributed by atoms with Crippen molar-refractivity contribution in [1.82, 2.24) is 5.32 Å². The molecule has 0 heterocycles. The minimum Gasteiger partial charge on any atom is -0.508 e. The number of carbonyl (C=O) groups excluding carboxylic acids is 1. The van der Waals surface area contributed by atoms with E-state index >= 15 is 0 Å². The second kappa shape index (κ2) is 6.50. The lowest BCUT2D eigenvalue weighted by atomic mass is 10.0. The molecule has 3 aromatic rings. The van der Waals surface area contributed by atoms with Crippen LogP contribution in [0.5, 0.6) is 17.2 Å². The van der Waals surface area contributed by atoms with Gasteiger partial charge in [-0.15, -0.1) is 0 Å². The molecule has 24 heavy (non-hydrogen) atoms. The zero-order valence-electron chi connectivity index (χ0n) is 13.1. The van der Waals surface area contributed by atoms with Crippen molar-refractivity contribution in [3.05, 3.63) is 65.7 Å². The Labute approximate surface area is 139 Å². The first-order valence-corrected chi connectivity index (χ1v) is 7.44. The van der Waals surface area contributed by atoms with Crippen LogP contribution in [0.3, 0.4) is 0 Å². The predicted octanol–water partition coefficient (Wildman–Crippen LogP) is 3.19. The average molecular weight is 323 g/mol. The van der Waals surface area contributed by atoms with E-state index in [-0.39, 0.29) is 29.5 Å². The van der Waals surface area contributed by atoms with Gasteiger partial charge in [0.25, 0.3) is 5.91 Å². The molecule has 0 unspecified atom stereocenters. The molecule has 0 saturated carbocycles. The summed E-state index contributed by atoms with van der Waals surface area (Å²) in [5.41, 5.74) is 1.03. The van der Waals surface area contributed by atoms with Crippen molar-refractivity contribution >= 4 is 16.7 Å². The molecule has 3 aromatic carbocycles. The van der Waals surface area contributed by atoms with E-state index in [1.165, 1.54) is 18.2 Å². The van der Waals surface area contributed by atoms with Gasteiger partial charge in [-0.2, -0.15) is 0 Å². The van der Waals surface area contributed by atoms with Crippen LogP contribution in [-0.4, -0.2) is 23.2 Å². The van der Waals surface area contributed by atoms with Crippen LogP contribution in [0.1, 0.15) is 15.9 Å². The summed E-state index contributed by atoms with van der Waals surface area (Å²) in [5, 5.41) is 23.8. The number of phenols is 2. The molecule has 0 spiro atoms. The highest BCUT2D eigenvalue weighted by Crippen LogP contribution is 2.27. The van der Waals surface area contributed by atoms with Gasteiger partial charge in [0.2, 0.25) is 0 Å². The fourth-order valence-electron chi connectivity index (χ4n) is 2.57. The van der Waals surface area contributed by atoms with E-state index in [2.05, 4.69) is 5.32 Å². The fourth-order valence-corrected chi connectivity index (χ4v) is 2.57. The van der Waals surface area contributed by atoms with Crippen molar-refractivity contribution in [2.45, 2.75) is 6.54 Å². The molecule has 0 atom stereocenters. The van der Waals surface area contributed by atoms with E-state index in [4.69, 9.17) is 4.74 Å². The van der Waals surface area contributed by atoms with E-state index in [0.29, 0.717) is 11.1 Å². The number of amides is 1. The van der Waals surface area contributed by atoms with Crippen LogP contribution in [0.15, 0.2) is 54.6 Å². The van der Waals surface area contributed by atoms with Gasteiger partial charge in [0, 0.05) is 12.1 Å². The van der Waals surface area contributed by atoms with E-state index in [1.807, 2.05) is 24.3 Å². The zero-order chi connectivity index (χ0) is 17.1. The molecule has 0 aliphatic heterocycles. The van der Waals surface area contributed by atoms with Crippen LogP contribution in [0, 0.1) is 0 Å². The number of ether oxygens (including phenoxy) is 1. The topological polar surface area (TPSA) is 78.8 Å². The number of fused-ring (bicyclic) bond motifs is 1. The summed E-state index contributed by atoms with van der Waals surface area (Å²) in [6.07, 6.45) is 0. The third kappa shape index (κ3) is 3.10. The summed E-state index contributed by atoms with van der Waals surface area (Å²) in [4.78, 5) is 12.4. The molecular weight excluding hydrogens is 306 g/mol. The van der Waals surface area contributed by atoms with Crippen molar-refractivity contribution < 1.29 is 19.7 Å². The third-order valence-electron chi connectivity index (χ3n) is 3.81. The van der Waals surface area contributed by atoms with Gasteiger partial charge >= 0.3 is 0 Å². The minimum absolute atomic E-state index is 0.107. The SMILES string of the molecule is COc1ccccc1CNC(=O)c1cc2ccc(O)cc2cc1O. The van der Waals surface area contributed by atoms with Gasteiger partial charge in [0.15, 0.2) is 0 Å². The first-order valence-electron chi connectivity index (χ1n) is 7.44. The maximum atomic E-state index is 12.4. The van der Waals surface area contributed by atoms with Gasteiger partial charge in [-0.1, -0.05) is 24.3 Å². The lowest BCUT2D eigenvalue weighted by Gasteiger charge is -2.11. The normalized spacial score (nSPS) is 10.5. The van der Waals surface area contributed by atoms with E-state index in [9.17, 15) is 15.0 Å². The number of para-hydroxylation sites is 1. The second-order valence-corrected chi connectivity index (χ2v) is 5.40. The smallest absolute Gasteiger partial charge is 0.255 e. The molecule has 3 N–H and O–H groups in total. The molecule has 0 fully saturated rings. The molecule has 0 aliphatic rings. The average Bonchev–Trinajstić information content (AvgIpc) is 2.59. The van der Waals surface area contributed by atoms with Gasteiger partial charge in [-0.05, 0) is 41.1 Å². The first kappa shape index (κ1) is 15.7. The number of aromatic hydroxyl groups is 2. The lowest BCUT2D eigenvalue weighted by molar-refractivity contribution is 0.0948. The third-order valence-corrected chi connectivity index (χ3v) is 3.81. The molecular formula is C19H17NO4. The minimum atomic E-state index is -0.381. The Balaban J connectivity index is 1.83. The highest BCUT2D eigenvalue weighted by molar-refractivity contribution is 6.01. The van der Waals surface area contributed by atoms with Crippen LogP contribution < -0.4 is 10.1 Å². The monoisotopic (exact) mass is 323 g/mol. The Hall–Kier alpha value is -3.21. The van der Waals surface area contributed by atoms with E-state index < -0.39 is 0 Å². The number of hydrogen-bond acceptors (Lipinski definition) is 4. The molecule has 0 saturated heterocycles. The van der Waals surface area contributed by atoms with Crippen LogP contribution in [0.2, 0.25) is 0 Å². The second-order valence-electron chi connectivity index (χ2n) is 5.40. The first-order chi connectivity index (χ1) is 11.6. The van der Waals surface area contributed by atoms with Gasteiger partial charge in [-0.3, -0.25) is 4.79 Å². The van der Waals surface area contributed by atoms with Crippen molar-refractivity contribution in [3.8, 4) is 17.2 Å². The van der Waals surface area contributed by atoms with Gasteiger partial charge in [0.05, 0.1) is 12.7 Å². The predicted molar refractivity (Wildman–Crippen MR) is 91.4 cm³/mol. The van der Waals surface area contributed by atoms with Crippen LogP contribution in [0.4, 0.5) is 0 Å². The highest BCUT2D eigenvalue weighted by Gasteiger charge is 2.13. The number of methoxy groups -OCH3 is 1. The van der Waals surface area contributed by atoms with E-state index in [1.54, 1.807) is 19.2 Å². The summed E-state index contributed by atoms with van der Waals surface area (Å²) in [5.74, 6) is 0.283. The van der Waals surface area contributed by atoms with Crippen LogP contribution in [-0.2, 0) is 6.54 Å². The molecule has 0 aromatic heterocycles. The standard InChI is InChI=1S/C19H17NO4/c1-24-18-5-3-2-4-13(18)11-20-19(23)16-9-12-6-7-15(21)8-14(12)10-17(16)22/h2-10,21-22H,11H2,1H3,(H,20,23). The largest absolute Gasteiger partial charge is 0.508 e. The highest BCUT2D eigenvalue weighted by atomic mass is 16.5. The molecule has 0 bridgehead atoms. The molecule has 1 amide bonds. The Kier molecular flexibility index (Phi) is 4.24. The molecule has 122 valence electrons. The van der Waals surface area contributed by atoms with Crippen molar-refractivity contribution in [3.63, 3.8) is 0 Å². The number of carbonyl (C=O) groups is 1. The maximum Gasteiger partial charge on any atom is 0.255 e. The molecule has 5 nitrogen and oxygen atoms in total. The lowest BCUT2D eigenvalue weighted by Crippen LogP contribution is -2.23. The fraction of sp³-hybridized carbons (Fsp3) is 0.105. The Morgan fingerprint density at radius 3 is 2.62 bits per heavy atom. The van der Waals surface area contributed by atoms with Gasteiger partial charge < -0.3 is 20.3 Å². The molecule has 3 rings (SSSR count). The quantitative estimate of drug-likeness (QED) is 0.689. The summed E-state index contributed by atoms with van der Waals surface area (Å²) in [6, 6.07) is 15.2. The summed E-state index contributed by atoms with van der Waals surface area (Å²) < 4.78 is 5.25. The summed E-state index contributed by atoms with van der Waals surface area (Å²) in [6.45, 7) is 0.288. The Morgan fingerprint density at radius 2 is 1.83 bits per heavy atom. The van der Waals surface area contributed by atoms with E-state index in [0.717, 1.165) is 10.9 Å². The van der Waals surface area contributed by atoms with Crippen LogP contribution in [0.25, 0.3) is 10.8 Å². The number of hydrogen-bond donors (Lipinski definition) is 3. The molecule has 5 heteroatoms. The number of benzene rings is 3. The Morgan fingerprint density at radius 1 is 1.04 bits per heavy atom. The summed E-state index contributed by atoms with van der Waals surface area (Å²) >= 11 is 0. The van der Waals surface area contributed by atoms with Crippen LogP contribution >= 0.6 is 0 Å². The number of phenolic OH excluding ortho intramolecular Hbond substituents is 2. The van der Waals surface area contributed by atoms with Crippen molar-refractivity contribution in [2.75, 3.05) is 7.11 Å². The van der Waals surface area contributed by atoms with Gasteiger partial charge in [0.1, 0.15) is 17.2 Å². The number of nitrogens with one attached hydrogen (secondary N) is 1. The summed E-state index contributed by atoms with van der Waals surface area (Å²) in [7, 11) is 1.57. The van der Waals surface area contributed by atoms with Crippen molar-refractivity contribution in [2.24, 2.45) is 0 Å². The number of rotatable bonds is 4. The zero-order valence-corrected chi connectivity index (χ0v) is 13.1. The Bertz CT molecular complexity index is 905. The molecule has 0 aliphatic carbocycles. The maximum absolute atomic E-state index is 12.4. The van der Waals surface area contributed by atoms with Crippen molar-refractivity contribution in [1.29, 1.82) is 0 Å².